The maximum absolute atomic E-state index is 5.88. The summed E-state index contributed by atoms with van der Waals surface area (Å²) in [4.78, 5) is 8.40. The molecular formula is C16H21IN4. The topological polar surface area (TPSA) is 63.3 Å². The summed E-state index contributed by atoms with van der Waals surface area (Å²) in [5.41, 5.74) is 9.30. The molecule has 3 N–H and O–H groups in total. The van der Waals surface area contributed by atoms with E-state index in [0.29, 0.717) is 12.5 Å². The van der Waals surface area contributed by atoms with Crippen LogP contribution in [0.4, 0.5) is 5.69 Å². The highest BCUT2D eigenvalue weighted by Gasteiger charge is 1.97. The summed E-state index contributed by atoms with van der Waals surface area (Å²) >= 11 is 0. The summed E-state index contributed by atoms with van der Waals surface area (Å²) in [6.07, 6.45) is 5.46. The Morgan fingerprint density at radius 1 is 1.24 bits per heavy atom. The zero-order valence-electron chi connectivity index (χ0n) is 12.1. The largest absolute Gasteiger partial charge is 0.370 e. The van der Waals surface area contributed by atoms with Gasteiger partial charge in [0.2, 0.25) is 0 Å². The van der Waals surface area contributed by atoms with Crippen molar-refractivity contribution in [2.45, 2.75) is 19.8 Å². The van der Waals surface area contributed by atoms with E-state index in [9.17, 15) is 0 Å². The molecule has 21 heavy (non-hydrogen) atoms. The van der Waals surface area contributed by atoms with Crippen molar-refractivity contribution in [3.8, 4) is 0 Å². The number of aryl methyl sites for hydroxylation is 1. The van der Waals surface area contributed by atoms with Crippen molar-refractivity contribution < 1.29 is 0 Å². The van der Waals surface area contributed by atoms with Crippen LogP contribution >= 0.6 is 24.0 Å². The number of hydrogen-bond acceptors (Lipinski definition) is 2. The van der Waals surface area contributed by atoms with E-state index in [1.165, 1.54) is 5.56 Å². The minimum Gasteiger partial charge on any atom is -0.370 e. The first kappa shape index (κ1) is 17.4. The SMILES string of the molecule is CCc1cccc(NC(N)=NCCc2cccnc2)c1.I. The average molecular weight is 396 g/mol. The minimum absolute atomic E-state index is 0. The van der Waals surface area contributed by atoms with Gasteiger partial charge in [0.05, 0.1) is 0 Å². The lowest BCUT2D eigenvalue weighted by molar-refractivity contribution is 0.955. The number of aromatic nitrogens is 1. The normalized spacial score (nSPS) is 10.8. The molecule has 1 aromatic carbocycles. The Bertz CT molecular complexity index is 569. The number of hydrogen-bond donors (Lipinski definition) is 2. The number of pyridine rings is 1. The minimum atomic E-state index is 0. The van der Waals surface area contributed by atoms with E-state index in [2.05, 4.69) is 34.3 Å². The van der Waals surface area contributed by atoms with Crippen molar-refractivity contribution in [1.82, 2.24) is 4.98 Å². The molecule has 2 rings (SSSR count). The van der Waals surface area contributed by atoms with Crippen molar-refractivity contribution in [2.24, 2.45) is 10.7 Å². The highest BCUT2D eigenvalue weighted by molar-refractivity contribution is 14.0. The number of nitrogens with two attached hydrogens (primary N) is 1. The molecule has 0 amide bonds. The number of guanidine groups is 1. The predicted molar refractivity (Wildman–Crippen MR) is 99.3 cm³/mol. The van der Waals surface area contributed by atoms with Gasteiger partial charge in [-0.25, -0.2) is 0 Å². The number of halogens is 1. The molecule has 5 heteroatoms. The molecule has 0 aliphatic heterocycles. The Balaban J connectivity index is 0.00000220. The van der Waals surface area contributed by atoms with Crippen LogP contribution in [0.1, 0.15) is 18.1 Å². The van der Waals surface area contributed by atoms with Gasteiger partial charge in [-0.15, -0.1) is 24.0 Å². The van der Waals surface area contributed by atoms with E-state index in [4.69, 9.17) is 5.73 Å². The van der Waals surface area contributed by atoms with Crippen LogP contribution < -0.4 is 11.1 Å². The fourth-order valence-corrected chi connectivity index (χ4v) is 1.91. The third-order valence-electron chi connectivity index (χ3n) is 3.01. The number of benzene rings is 1. The zero-order chi connectivity index (χ0) is 14.2. The first-order valence-corrected chi connectivity index (χ1v) is 6.82. The standard InChI is InChI=1S/C16H20N4.HI/c1-2-13-5-3-7-15(11-13)20-16(17)19-10-8-14-6-4-9-18-12-14;/h3-7,9,11-12H,2,8,10H2,1H3,(H3,17,19,20);1H. The second-order valence-corrected chi connectivity index (χ2v) is 4.56. The lowest BCUT2D eigenvalue weighted by Gasteiger charge is -2.07. The molecule has 4 nitrogen and oxygen atoms in total. The molecular weight excluding hydrogens is 375 g/mol. The molecule has 0 aliphatic carbocycles. The first-order chi connectivity index (χ1) is 9.78. The Labute approximate surface area is 142 Å². The lowest BCUT2D eigenvalue weighted by Crippen LogP contribution is -2.23. The van der Waals surface area contributed by atoms with Gasteiger partial charge in [-0.2, -0.15) is 0 Å². The van der Waals surface area contributed by atoms with Crippen molar-refractivity contribution in [1.29, 1.82) is 0 Å². The molecule has 112 valence electrons. The first-order valence-electron chi connectivity index (χ1n) is 6.82. The summed E-state index contributed by atoms with van der Waals surface area (Å²) in [5.74, 6) is 0.446. The third-order valence-corrected chi connectivity index (χ3v) is 3.01. The highest BCUT2D eigenvalue weighted by atomic mass is 127. The van der Waals surface area contributed by atoms with Gasteiger partial charge in [-0.05, 0) is 42.2 Å². The Morgan fingerprint density at radius 2 is 2.05 bits per heavy atom. The second-order valence-electron chi connectivity index (χ2n) is 4.56. The molecule has 2 aromatic rings. The molecule has 1 heterocycles. The summed E-state index contributed by atoms with van der Waals surface area (Å²) in [5, 5.41) is 3.12. The van der Waals surface area contributed by atoms with Gasteiger partial charge in [-0.1, -0.05) is 25.1 Å². The molecule has 0 radical (unpaired) electrons. The smallest absolute Gasteiger partial charge is 0.193 e. The maximum Gasteiger partial charge on any atom is 0.193 e. The van der Waals surface area contributed by atoms with Crippen LogP contribution in [-0.4, -0.2) is 17.5 Å². The number of anilines is 1. The van der Waals surface area contributed by atoms with Crippen LogP contribution in [0.25, 0.3) is 0 Å². The van der Waals surface area contributed by atoms with Crippen molar-refractivity contribution in [3.05, 3.63) is 59.9 Å². The lowest BCUT2D eigenvalue weighted by atomic mass is 10.1. The number of rotatable bonds is 5. The molecule has 0 saturated heterocycles. The second kappa shape index (κ2) is 9.33. The summed E-state index contributed by atoms with van der Waals surface area (Å²) < 4.78 is 0. The maximum atomic E-state index is 5.88. The summed E-state index contributed by atoms with van der Waals surface area (Å²) in [7, 11) is 0. The van der Waals surface area contributed by atoms with Crippen LogP contribution in [0.15, 0.2) is 53.8 Å². The van der Waals surface area contributed by atoms with Gasteiger partial charge >= 0.3 is 0 Å². The molecule has 0 bridgehead atoms. The summed E-state index contributed by atoms with van der Waals surface area (Å²) in [6, 6.07) is 12.2. The van der Waals surface area contributed by atoms with E-state index in [0.717, 1.165) is 24.1 Å². The van der Waals surface area contributed by atoms with Crippen LogP contribution in [-0.2, 0) is 12.8 Å². The van der Waals surface area contributed by atoms with Gasteiger partial charge < -0.3 is 11.1 Å². The fourth-order valence-electron chi connectivity index (χ4n) is 1.91. The van der Waals surface area contributed by atoms with Gasteiger partial charge in [0.25, 0.3) is 0 Å². The monoisotopic (exact) mass is 396 g/mol. The Kier molecular flexibility index (Phi) is 7.74. The van der Waals surface area contributed by atoms with Crippen molar-refractivity contribution in [2.75, 3.05) is 11.9 Å². The molecule has 0 atom stereocenters. The molecule has 0 spiro atoms. The van der Waals surface area contributed by atoms with E-state index in [1.54, 1.807) is 6.20 Å². The van der Waals surface area contributed by atoms with Crippen LogP contribution in [0, 0.1) is 0 Å². The van der Waals surface area contributed by atoms with Crippen molar-refractivity contribution >= 4 is 35.6 Å². The molecule has 0 saturated carbocycles. The quantitative estimate of drug-likeness (QED) is 0.464. The Morgan fingerprint density at radius 3 is 2.76 bits per heavy atom. The van der Waals surface area contributed by atoms with Gasteiger partial charge in [0.15, 0.2) is 5.96 Å². The summed E-state index contributed by atoms with van der Waals surface area (Å²) in [6.45, 7) is 2.78. The van der Waals surface area contributed by atoms with Crippen LogP contribution in [0.5, 0.6) is 0 Å². The number of aliphatic imine (C=N–C) groups is 1. The van der Waals surface area contributed by atoms with Gasteiger partial charge in [0, 0.05) is 24.6 Å². The van der Waals surface area contributed by atoms with E-state index in [1.807, 2.05) is 30.5 Å². The molecule has 0 fully saturated rings. The number of nitrogens with one attached hydrogen (secondary N) is 1. The predicted octanol–water partition coefficient (Wildman–Crippen LogP) is 3.23. The Hall–Kier alpha value is -1.63. The van der Waals surface area contributed by atoms with E-state index < -0.39 is 0 Å². The third kappa shape index (κ3) is 6.12. The van der Waals surface area contributed by atoms with Crippen LogP contribution in [0.3, 0.4) is 0 Å². The molecule has 0 unspecified atom stereocenters. The zero-order valence-corrected chi connectivity index (χ0v) is 14.5. The average Bonchev–Trinajstić information content (AvgIpc) is 2.48. The van der Waals surface area contributed by atoms with E-state index in [-0.39, 0.29) is 24.0 Å². The number of nitrogens with zero attached hydrogens (tertiary/aromatic N) is 2. The molecule has 1 aromatic heterocycles. The van der Waals surface area contributed by atoms with Gasteiger partial charge in [0.1, 0.15) is 0 Å². The van der Waals surface area contributed by atoms with E-state index >= 15 is 0 Å². The van der Waals surface area contributed by atoms with Gasteiger partial charge in [-0.3, -0.25) is 9.98 Å². The van der Waals surface area contributed by atoms with Crippen LogP contribution in [0.2, 0.25) is 0 Å². The van der Waals surface area contributed by atoms with Crippen molar-refractivity contribution in [3.63, 3.8) is 0 Å². The molecule has 0 aliphatic rings. The fraction of sp³-hybridized carbons (Fsp3) is 0.250. The highest BCUT2D eigenvalue weighted by Crippen LogP contribution is 2.10.